The number of carbonyl (C=O) groups is 2. The highest BCUT2D eigenvalue weighted by atomic mass is 35.5. The number of aryl methyl sites for hydroxylation is 1. The van der Waals surface area contributed by atoms with E-state index in [0.717, 1.165) is 23.1 Å². The number of carbonyl (C=O) groups excluding carboxylic acids is 2. The minimum atomic E-state index is -0.643. The second-order valence-electron chi connectivity index (χ2n) is 8.62. The van der Waals surface area contributed by atoms with Gasteiger partial charge in [0, 0.05) is 30.5 Å². The van der Waals surface area contributed by atoms with Gasteiger partial charge in [-0.05, 0) is 42.5 Å². The third-order valence-corrected chi connectivity index (χ3v) is 6.41. The molecule has 0 aromatic heterocycles. The number of hydrogen-bond donors (Lipinski definition) is 1. The van der Waals surface area contributed by atoms with Gasteiger partial charge in [0.15, 0.2) is 0 Å². The van der Waals surface area contributed by atoms with E-state index in [-0.39, 0.29) is 24.4 Å². The first kappa shape index (κ1) is 25.5. The Kier molecular flexibility index (Phi) is 9.72. The second kappa shape index (κ2) is 13.0. The predicted octanol–water partition coefficient (Wildman–Crippen LogP) is 5.83. The Hall–Kier alpha value is -3.11. The Bertz CT molecular complexity index is 1060. The highest BCUT2D eigenvalue weighted by Crippen LogP contribution is 2.21. The molecule has 5 heteroatoms. The van der Waals surface area contributed by atoms with Gasteiger partial charge in [0.25, 0.3) is 0 Å². The molecule has 2 amide bonds. The van der Waals surface area contributed by atoms with Crippen LogP contribution in [0.3, 0.4) is 0 Å². The standard InChI is InChI=1S/C29H33ClN2O2/c1-3-22(2)31-29(34)27(20-24-14-8-5-9-15-24)32(21-25-16-10-11-17-26(25)30)28(33)19-18-23-12-6-4-7-13-23/h4-17,22,27H,3,18-21H2,1-2H3,(H,31,34)/t22-,27+/m1/s1. The van der Waals surface area contributed by atoms with E-state index in [2.05, 4.69) is 5.32 Å². The van der Waals surface area contributed by atoms with Crippen LogP contribution in [0.25, 0.3) is 0 Å². The average Bonchev–Trinajstić information content (AvgIpc) is 2.86. The van der Waals surface area contributed by atoms with Crippen molar-refractivity contribution in [2.45, 2.75) is 58.2 Å². The number of halogens is 1. The molecule has 4 nitrogen and oxygen atoms in total. The predicted molar refractivity (Wildman–Crippen MR) is 139 cm³/mol. The topological polar surface area (TPSA) is 49.4 Å². The van der Waals surface area contributed by atoms with Crippen LogP contribution in [0.5, 0.6) is 0 Å². The van der Waals surface area contributed by atoms with Gasteiger partial charge in [-0.1, -0.05) is 97.4 Å². The summed E-state index contributed by atoms with van der Waals surface area (Å²) in [6, 6.07) is 26.6. The molecule has 0 spiro atoms. The third kappa shape index (κ3) is 7.46. The molecule has 0 aliphatic carbocycles. The summed E-state index contributed by atoms with van der Waals surface area (Å²) in [5.74, 6) is -0.206. The van der Waals surface area contributed by atoms with Crippen LogP contribution in [0.2, 0.25) is 5.02 Å². The SMILES string of the molecule is CC[C@@H](C)NC(=O)[C@H](Cc1ccccc1)N(Cc1ccccc1Cl)C(=O)CCc1ccccc1. The van der Waals surface area contributed by atoms with Crippen molar-refractivity contribution in [3.63, 3.8) is 0 Å². The molecule has 2 atom stereocenters. The van der Waals surface area contributed by atoms with Crippen LogP contribution >= 0.6 is 11.6 Å². The Labute approximate surface area is 207 Å². The first-order valence-electron chi connectivity index (χ1n) is 11.9. The van der Waals surface area contributed by atoms with Crippen LogP contribution in [0.4, 0.5) is 0 Å². The maximum absolute atomic E-state index is 13.6. The van der Waals surface area contributed by atoms with Crippen LogP contribution in [0.15, 0.2) is 84.9 Å². The Morgan fingerprint density at radius 2 is 1.47 bits per heavy atom. The van der Waals surface area contributed by atoms with E-state index in [1.54, 1.807) is 4.90 Å². The zero-order valence-corrected chi connectivity index (χ0v) is 20.7. The molecule has 1 N–H and O–H groups in total. The fourth-order valence-corrected chi connectivity index (χ4v) is 4.04. The molecule has 0 radical (unpaired) electrons. The fraction of sp³-hybridized carbons (Fsp3) is 0.310. The van der Waals surface area contributed by atoms with E-state index in [9.17, 15) is 9.59 Å². The monoisotopic (exact) mass is 476 g/mol. The van der Waals surface area contributed by atoms with Crippen LogP contribution in [0, 0.1) is 0 Å². The molecular weight excluding hydrogens is 444 g/mol. The molecule has 0 fully saturated rings. The lowest BCUT2D eigenvalue weighted by Gasteiger charge is -2.32. The number of nitrogens with one attached hydrogen (secondary N) is 1. The maximum atomic E-state index is 13.6. The third-order valence-electron chi connectivity index (χ3n) is 6.04. The number of amides is 2. The lowest BCUT2D eigenvalue weighted by atomic mass is 10.0. The van der Waals surface area contributed by atoms with E-state index in [1.807, 2.05) is 98.8 Å². The molecule has 0 saturated heterocycles. The second-order valence-corrected chi connectivity index (χ2v) is 9.03. The van der Waals surface area contributed by atoms with Crippen LogP contribution < -0.4 is 5.32 Å². The smallest absolute Gasteiger partial charge is 0.243 e. The Morgan fingerprint density at radius 1 is 0.882 bits per heavy atom. The van der Waals surface area contributed by atoms with Crippen molar-refractivity contribution in [1.29, 1.82) is 0 Å². The van der Waals surface area contributed by atoms with Gasteiger partial charge < -0.3 is 10.2 Å². The lowest BCUT2D eigenvalue weighted by Crippen LogP contribution is -2.52. The van der Waals surface area contributed by atoms with E-state index < -0.39 is 6.04 Å². The van der Waals surface area contributed by atoms with Gasteiger partial charge in [0.05, 0.1) is 0 Å². The lowest BCUT2D eigenvalue weighted by molar-refractivity contribution is -0.141. The highest BCUT2D eigenvalue weighted by Gasteiger charge is 2.31. The number of hydrogen-bond acceptors (Lipinski definition) is 2. The van der Waals surface area contributed by atoms with Gasteiger partial charge in [-0.25, -0.2) is 0 Å². The molecule has 0 heterocycles. The number of rotatable bonds is 11. The van der Waals surface area contributed by atoms with Gasteiger partial charge in [-0.2, -0.15) is 0 Å². The average molecular weight is 477 g/mol. The number of nitrogens with zero attached hydrogens (tertiary/aromatic N) is 1. The summed E-state index contributed by atoms with van der Waals surface area (Å²) in [6.07, 6.45) is 2.18. The highest BCUT2D eigenvalue weighted by molar-refractivity contribution is 6.31. The molecule has 0 bridgehead atoms. The summed E-state index contributed by atoms with van der Waals surface area (Å²) in [4.78, 5) is 28.8. The summed E-state index contributed by atoms with van der Waals surface area (Å²) in [6.45, 7) is 4.29. The van der Waals surface area contributed by atoms with Crippen molar-refractivity contribution in [1.82, 2.24) is 10.2 Å². The fourth-order valence-electron chi connectivity index (χ4n) is 3.84. The summed E-state index contributed by atoms with van der Waals surface area (Å²) < 4.78 is 0. The van der Waals surface area contributed by atoms with E-state index in [0.29, 0.717) is 24.3 Å². The van der Waals surface area contributed by atoms with Crippen molar-refractivity contribution in [2.24, 2.45) is 0 Å². The van der Waals surface area contributed by atoms with Crippen molar-refractivity contribution in [3.05, 3.63) is 107 Å². The van der Waals surface area contributed by atoms with Gasteiger partial charge in [0.1, 0.15) is 6.04 Å². The zero-order valence-electron chi connectivity index (χ0n) is 19.9. The van der Waals surface area contributed by atoms with Crippen molar-refractivity contribution in [2.75, 3.05) is 0 Å². The molecule has 0 unspecified atom stereocenters. The summed E-state index contributed by atoms with van der Waals surface area (Å²) in [5, 5.41) is 3.68. The molecule has 34 heavy (non-hydrogen) atoms. The van der Waals surface area contributed by atoms with Gasteiger partial charge in [-0.15, -0.1) is 0 Å². The van der Waals surface area contributed by atoms with Crippen molar-refractivity contribution < 1.29 is 9.59 Å². The van der Waals surface area contributed by atoms with E-state index >= 15 is 0 Å². The molecule has 0 aliphatic rings. The molecule has 178 valence electrons. The van der Waals surface area contributed by atoms with Crippen LogP contribution in [-0.2, 0) is 29.0 Å². The minimum Gasteiger partial charge on any atom is -0.352 e. The minimum absolute atomic E-state index is 0.0207. The van der Waals surface area contributed by atoms with Crippen LogP contribution in [-0.4, -0.2) is 28.8 Å². The molecule has 3 aromatic carbocycles. The quantitative estimate of drug-likeness (QED) is 0.378. The maximum Gasteiger partial charge on any atom is 0.243 e. The molecule has 3 aromatic rings. The molecule has 3 rings (SSSR count). The van der Waals surface area contributed by atoms with Crippen molar-refractivity contribution in [3.8, 4) is 0 Å². The molecular formula is C29H33ClN2O2. The normalized spacial score (nSPS) is 12.6. The summed E-state index contributed by atoms with van der Waals surface area (Å²) >= 11 is 6.46. The van der Waals surface area contributed by atoms with Crippen LogP contribution in [0.1, 0.15) is 43.4 Å². The molecule has 0 aliphatic heterocycles. The zero-order chi connectivity index (χ0) is 24.3. The first-order chi connectivity index (χ1) is 16.5. The van der Waals surface area contributed by atoms with Gasteiger partial charge in [-0.3, -0.25) is 9.59 Å². The Morgan fingerprint density at radius 3 is 2.09 bits per heavy atom. The van der Waals surface area contributed by atoms with Gasteiger partial charge >= 0.3 is 0 Å². The van der Waals surface area contributed by atoms with Crippen molar-refractivity contribution >= 4 is 23.4 Å². The largest absolute Gasteiger partial charge is 0.352 e. The van der Waals surface area contributed by atoms with E-state index in [4.69, 9.17) is 11.6 Å². The Balaban J connectivity index is 1.92. The van der Waals surface area contributed by atoms with E-state index in [1.165, 1.54) is 0 Å². The molecule has 0 saturated carbocycles. The summed E-state index contributed by atoms with van der Waals surface area (Å²) in [5.41, 5.74) is 2.93. The van der Waals surface area contributed by atoms with Gasteiger partial charge in [0.2, 0.25) is 11.8 Å². The number of benzene rings is 3. The summed E-state index contributed by atoms with van der Waals surface area (Å²) in [7, 11) is 0. The first-order valence-corrected chi connectivity index (χ1v) is 12.3.